The number of rotatable bonds is 3. The van der Waals surface area contributed by atoms with Crippen LogP contribution in [0.2, 0.25) is 0 Å². The summed E-state index contributed by atoms with van der Waals surface area (Å²) in [6.07, 6.45) is -2.93. The maximum absolute atomic E-state index is 13.6. The minimum Gasteiger partial charge on any atom is -0.381 e. The van der Waals surface area contributed by atoms with E-state index < -0.39 is 18.3 Å². The van der Waals surface area contributed by atoms with Gasteiger partial charge in [-0.05, 0) is 18.4 Å². The quantitative estimate of drug-likeness (QED) is 0.631. The molecule has 1 aromatic rings. The monoisotopic (exact) mass is 371 g/mol. The number of alkyl halides is 3. The van der Waals surface area contributed by atoms with Crippen molar-refractivity contribution in [3.63, 3.8) is 0 Å². The van der Waals surface area contributed by atoms with Gasteiger partial charge >= 0.3 is 6.18 Å². The molecule has 2 atom stereocenters. The molecule has 0 bridgehead atoms. The highest BCUT2D eigenvalue weighted by Crippen LogP contribution is 2.40. The van der Waals surface area contributed by atoms with Crippen LogP contribution in [-0.2, 0) is 10.3 Å². The fourth-order valence-corrected chi connectivity index (χ4v) is 3.71. The molecular formula is C18H24F3N3O2. The molecule has 5 nitrogen and oxygen atoms in total. The molecule has 2 heterocycles. The Morgan fingerprint density at radius 1 is 1.31 bits per heavy atom. The van der Waals surface area contributed by atoms with E-state index in [1.54, 1.807) is 6.07 Å². The summed E-state index contributed by atoms with van der Waals surface area (Å²) in [7, 11) is 1.54. The molecule has 2 aliphatic rings. The molecule has 2 fully saturated rings. The number of aliphatic imine (C=N–C) groups is 1. The van der Waals surface area contributed by atoms with Crippen molar-refractivity contribution in [2.24, 2.45) is 10.4 Å². The Morgan fingerprint density at radius 2 is 2.04 bits per heavy atom. The topological polar surface area (TPSA) is 57.1 Å². The Bertz CT molecular complexity index is 645. The highest BCUT2D eigenvalue weighted by atomic mass is 19.4. The first kappa shape index (κ1) is 19.0. The molecule has 0 radical (unpaired) electrons. The predicted molar refractivity (Wildman–Crippen MR) is 91.8 cm³/mol. The van der Waals surface area contributed by atoms with Gasteiger partial charge in [-0.2, -0.15) is 13.2 Å². The molecule has 2 unspecified atom stereocenters. The molecule has 144 valence electrons. The number of aliphatic hydroxyl groups is 1. The van der Waals surface area contributed by atoms with Crippen LogP contribution in [0, 0.1) is 5.41 Å². The van der Waals surface area contributed by atoms with Crippen LogP contribution < -0.4 is 5.32 Å². The Kier molecular flexibility index (Phi) is 5.16. The van der Waals surface area contributed by atoms with Crippen molar-refractivity contribution in [2.75, 3.05) is 39.9 Å². The van der Waals surface area contributed by atoms with Crippen molar-refractivity contribution in [1.29, 1.82) is 0 Å². The van der Waals surface area contributed by atoms with Gasteiger partial charge in [0.2, 0.25) is 5.60 Å². The molecule has 0 aromatic heterocycles. The van der Waals surface area contributed by atoms with Gasteiger partial charge in [0.05, 0.1) is 13.2 Å². The Balaban J connectivity index is 1.72. The average Bonchev–Trinajstić information content (AvgIpc) is 3.25. The average molecular weight is 371 g/mol. The van der Waals surface area contributed by atoms with E-state index in [2.05, 4.69) is 10.3 Å². The normalized spacial score (nSPS) is 26.3. The van der Waals surface area contributed by atoms with Crippen LogP contribution in [0.25, 0.3) is 0 Å². The second-order valence-corrected chi connectivity index (χ2v) is 7.10. The summed E-state index contributed by atoms with van der Waals surface area (Å²) >= 11 is 0. The van der Waals surface area contributed by atoms with Gasteiger partial charge < -0.3 is 20.1 Å². The van der Waals surface area contributed by atoms with Crippen molar-refractivity contribution in [1.82, 2.24) is 10.2 Å². The van der Waals surface area contributed by atoms with Crippen LogP contribution in [-0.4, -0.2) is 62.0 Å². The Morgan fingerprint density at radius 3 is 2.62 bits per heavy atom. The third kappa shape index (κ3) is 3.53. The summed E-state index contributed by atoms with van der Waals surface area (Å²) in [5.41, 5.74) is -3.12. The van der Waals surface area contributed by atoms with E-state index in [0.717, 1.165) is 19.4 Å². The van der Waals surface area contributed by atoms with Crippen molar-refractivity contribution in [3.05, 3.63) is 35.9 Å². The first-order valence-electron chi connectivity index (χ1n) is 8.68. The fraction of sp³-hybridized carbons (Fsp3) is 0.611. The first-order valence-corrected chi connectivity index (χ1v) is 8.68. The third-order valence-electron chi connectivity index (χ3n) is 5.36. The zero-order chi connectivity index (χ0) is 18.8. The largest absolute Gasteiger partial charge is 0.423 e. The van der Waals surface area contributed by atoms with Crippen molar-refractivity contribution in [3.8, 4) is 0 Å². The summed E-state index contributed by atoms with van der Waals surface area (Å²) in [5, 5.41) is 13.2. The number of hydrogen-bond acceptors (Lipinski definition) is 3. The van der Waals surface area contributed by atoms with E-state index in [1.807, 2.05) is 4.90 Å². The highest BCUT2D eigenvalue weighted by Gasteiger charge is 2.55. The van der Waals surface area contributed by atoms with Crippen LogP contribution in [0.4, 0.5) is 13.2 Å². The molecule has 3 rings (SSSR count). The van der Waals surface area contributed by atoms with E-state index in [-0.39, 0.29) is 11.0 Å². The number of nitrogens with one attached hydrogen (secondary N) is 1. The lowest BCUT2D eigenvalue weighted by Crippen LogP contribution is -2.53. The molecule has 0 aliphatic carbocycles. The third-order valence-corrected chi connectivity index (χ3v) is 5.36. The molecule has 2 saturated heterocycles. The van der Waals surface area contributed by atoms with Crippen LogP contribution in [0.3, 0.4) is 0 Å². The minimum atomic E-state index is -4.81. The van der Waals surface area contributed by atoms with Crippen LogP contribution in [0.15, 0.2) is 35.3 Å². The standard InChI is InChI=1S/C18H24F3N3O2/c1-22-15(24-9-7-16(12-24)8-10-26-13-16)23-11-17(25,18(19,20)21)14-5-3-2-4-6-14/h2-6,25H,7-13H2,1H3,(H,22,23). The van der Waals surface area contributed by atoms with Gasteiger partial charge in [-0.15, -0.1) is 0 Å². The van der Waals surface area contributed by atoms with E-state index in [1.165, 1.54) is 31.3 Å². The Hall–Kier alpha value is -1.80. The van der Waals surface area contributed by atoms with E-state index in [4.69, 9.17) is 4.74 Å². The number of hydrogen-bond donors (Lipinski definition) is 2. The van der Waals surface area contributed by atoms with E-state index in [0.29, 0.717) is 25.7 Å². The van der Waals surface area contributed by atoms with E-state index >= 15 is 0 Å². The second kappa shape index (κ2) is 7.08. The molecule has 0 amide bonds. The Labute approximate surface area is 150 Å². The summed E-state index contributed by atoms with van der Waals surface area (Å²) in [5.74, 6) is 0.368. The number of guanidine groups is 1. The van der Waals surface area contributed by atoms with Gasteiger partial charge in [-0.25, -0.2) is 0 Å². The zero-order valence-electron chi connectivity index (χ0n) is 14.7. The SMILES string of the molecule is CN=C(NCC(O)(c1ccccc1)C(F)(F)F)N1CCC2(CCOC2)C1. The number of benzene rings is 1. The molecule has 8 heteroatoms. The summed E-state index contributed by atoms with van der Waals surface area (Å²) < 4.78 is 46.3. The van der Waals surface area contributed by atoms with Crippen molar-refractivity contribution >= 4 is 5.96 Å². The van der Waals surface area contributed by atoms with Gasteiger partial charge in [0.15, 0.2) is 5.96 Å². The van der Waals surface area contributed by atoms with Crippen LogP contribution in [0.5, 0.6) is 0 Å². The van der Waals surface area contributed by atoms with Gasteiger partial charge in [-0.3, -0.25) is 4.99 Å². The summed E-state index contributed by atoms with van der Waals surface area (Å²) in [6.45, 7) is 2.10. The molecule has 0 saturated carbocycles. The fourth-order valence-electron chi connectivity index (χ4n) is 3.71. The first-order chi connectivity index (χ1) is 12.3. The number of ether oxygens (including phenoxy) is 1. The lowest BCUT2D eigenvalue weighted by atomic mass is 9.87. The van der Waals surface area contributed by atoms with Gasteiger partial charge in [0, 0.05) is 32.2 Å². The second-order valence-electron chi connectivity index (χ2n) is 7.10. The van der Waals surface area contributed by atoms with Crippen LogP contribution in [0.1, 0.15) is 18.4 Å². The molecular weight excluding hydrogens is 347 g/mol. The zero-order valence-corrected chi connectivity index (χ0v) is 14.7. The number of likely N-dealkylation sites (tertiary alicyclic amines) is 1. The number of halogens is 3. The molecule has 2 N–H and O–H groups in total. The lowest BCUT2D eigenvalue weighted by molar-refractivity contribution is -0.263. The molecule has 2 aliphatic heterocycles. The molecule has 1 spiro atoms. The van der Waals surface area contributed by atoms with Gasteiger partial charge in [-0.1, -0.05) is 30.3 Å². The highest BCUT2D eigenvalue weighted by molar-refractivity contribution is 5.80. The smallest absolute Gasteiger partial charge is 0.381 e. The molecule has 1 aromatic carbocycles. The number of nitrogens with zero attached hydrogens (tertiary/aromatic N) is 2. The molecule has 26 heavy (non-hydrogen) atoms. The minimum absolute atomic E-state index is 0.0668. The van der Waals surface area contributed by atoms with Gasteiger partial charge in [0.25, 0.3) is 0 Å². The maximum atomic E-state index is 13.6. The van der Waals surface area contributed by atoms with Crippen molar-refractivity contribution < 1.29 is 23.0 Å². The van der Waals surface area contributed by atoms with Gasteiger partial charge in [0.1, 0.15) is 0 Å². The lowest BCUT2D eigenvalue weighted by Gasteiger charge is -2.33. The maximum Gasteiger partial charge on any atom is 0.423 e. The van der Waals surface area contributed by atoms with Crippen molar-refractivity contribution in [2.45, 2.75) is 24.6 Å². The predicted octanol–water partition coefficient (Wildman–Crippen LogP) is 2.12. The summed E-state index contributed by atoms with van der Waals surface area (Å²) in [6, 6.07) is 7.12. The van der Waals surface area contributed by atoms with E-state index in [9.17, 15) is 18.3 Å². The van der Waals surface area contributed by atoms with Crippen LogP contribution >= 0.6 is 0 Å². The summed E-state index contributed by atoms with van der Waals surface area (Å²) in [4.78, 5) is 6.06.